The van der Waals surface area contributed by atoms with Crippen molar-refractivity contribution in [3.05, 3.63) is 5.82 Å². The highest BCUT2D eigenvalue weighted by Crippen LogP contribution is 2.25. The fourth-order valence-electron chi connectivity index (χ4n) is 4.39. The summed E-state index contributed by atoms with van der Waals surface area (Å²) in [6, 6.07) is 1.36. The van der Waals surface area contributed by atoms with E-state index in [-0.39, 0.29) is 17.4 Å². The first kappa shape index (κ1) is 22.4. The third kappa shape index (κ3) is 5.47. The molecular weight excluding hydrogens is 384 g/mol. The lowest BCUT2D eigenvalue weighted by Crippen LogP contribution is -2.52. The minimum Gasteiger partial charge on any atom is -0.359 e. The summed E-state index contributed by atoms with van der Waals surface area (Å²) < 4.78 is 4.62. The van der Waals surface area contributed by atoms with E-state index in [1.807, 2.05) is 25.7 Å². The number of carbonyl (C=O) groups is 1. The summed E-state index contributed by atoms with van der Waals surface area (Å²) in [4.78, 5) is 24.2. The molecule has 2 aliphatic rings. The highest BCUT2D eigenvalue weighted by atomic mass is 32.1. The standard InChI is InChI=1S/C21H38N6OS/c1-15(2)27-9-7-8-17(27)14-22-20-23-18(24-29-20)16(3)25-10-12-26(13-11-25)19(28)21(4,5)6/h15-17H,7-14H2,1-6H3,(H,22,23,24). The van der Waals surface area contributed by atoms with Crippen molar-refractivity contribution in [3.63, 3.8) is 0 Å². The Morgan fingerprint density at radius 3 is 2.48 bits per heavy atom. The molecule has 0 spiro atoms. The van der Waals surface area contributed by atoms with Crippen LogP contribution in [0.15, 0.2) is 0 Å². The number of rotatable bonds is 6. The van der Waals surface area contributed by atoms with Gasteiger partial charge in [-0.3, -0.25) is 14.6 Å². The van der Waals surface area contributed by atoms with Crippen LogP contribution in [0.1, 0.15) is 66.3 Å². The van der Waals surface area contributed by atoms with Crippen LogP contribution in [0.25, 0.3) is 0 Å². The second-order valence-corrected chi connectivity index (χ2v) is 10.5. The van der Waals surface area contributed by atoms with Crippen LogP contribution >= 0.6 is 11.5 Å². The Morgan fingerprint density at radius 2 is 1.86 bits per heavy atom. The number of carbonyl (C=O) groups excluding carboxylic acids is 1. The van der Waals surface area contributed by atoms with E-state index in [1.54, 1.807) is 0 Å². The molecule has 2 unspecified atom stereocenters. The van der Waals surface area contributed by atoms with Gasteiger partial charge in [-0.25, -0.2) is 4.98 Å². The Morgan fingerprint density at radius 1 is 1.17 bits per heavy atom. The highest BCUT2D eigenvalue weighted by Gasteiger charge is 2.32. The molecule has 0 aliphatic carbocycles. The van der Waals surface area contributed by atoms with E-state index in [4.69, 9.17) is 4.98 Å². The normalized spacial score (nSPS) is 23.0. The molecule has 164 valence electrons. The van der Waals surface area contributed by atoms with Crippen LogP contribution in [0.3, 0.4) is 0 Å². The van der Waals surface area contributed by atoms with Gasteiger partial charge in [0.1, 0.15) is 0 Å². The summed E-state index contributed by atoms with van der Waals surface area (Å²) in [7, 11) is 0. The van der Waals surface area contributed by atoms with E-state index < -0.39 is 0 Å². The number of nitrogens with one attached hydrogen (secondary N) is 1. The van der Waals surface area contributed by atoms with E-state index in [1.165, 1.54) is 30.9 Å². The summed E-state index contributed by atoms with van der Waals surface area (Å²) in [5.74, 6) is 1.13. The van der Waals surface area contributed by atoms with Crippen LogP contribution in [0.4, 0.5) is 5.13 Å². The molecule has 1 amide bonds. The SMILES string of the molecule is CC(c1nsc(NCC2CCCN2C(C)C)n1)N1CCN(C(=O)C(C)(C)C)CC1. The Balaban J connectivity index is 1.50. The molecule has 1 aromatic rings. The monoisotopic (exact) mass is 422 g/mol. The Labute approximate surface area is 180 Å². The van der Waals surface area contributed by atoms with Crippen molar-refractivity contribution in [2.24, 2.45) is 5.41 Å². The maximum atomic E-state index is 12.5. The number of hydrogen-bond acceptors (Lipinski definition) is 7. The smallest absolute Gasteiger partial charge is 0.228 e. The number of aromatic nitrogens is 2. The van der Waals surface area contributed by atoms with Gasteiger partial charge in [-0.1, -0.05) is 20.8 Å². The highest BCUT2D eigenvalue weighted by molar-refractivity contribution is 7.09. The minimum absolute atomic E-state index is 0.173. The third-order valence-corrected chi connectivity index (χ3v) is 6.87. The van der Waals surface area contributed by atoms with Gasteiger partial charge in [0.15, 0.2) is 5.82 Å². The molecule has 8 heteroatoms. The first-order valence-electron chi connectivity index (χ1n) is 11.0. The van der Waals surface area contributed by atoms with E-state index in [0.717, 1.165) is 43.7 Å². The maximum absolute atomic E-state index is 12.5. The fourth-order valence-corrected chi connectivity index (χ4v) is 5.04. The predicted molar refractivity (Wildman–Crippen MR) is 119 cm³/mol. The lowest BCUT2D eigenvalue weighted by Gasteiger charge is -2.39. The van der Waals surface area contributed by atoms with Gasteiger partial charge < -0.3 is 10.2 Å². The van der Waals surface area contributed by atoms with Crippen molar-refractivity contribution < 1.29 is 4.79 Å². The number of nitrogens with zero attached hydrogens (tertiary/aromatic N) is 5. The minimum atomic E-state index is -0.310. The Hall–Kier alpha value is -1.25. The quantitative estimate of drug-likeness (QED) is 0.760. The zero-order valence-electron chi connectivity index (χ0n) is 18.9. The van der Waals surface area contributed by atoms with Gasteiger partial charge >= 0.3 is 0 Å². The molecule has 2 fully saturated rings. The summed E-state index contributed by atoms with van der Waals surface area (Å²) in [5.41, 5.74) is -0.310. The summed E-state index contributed by atoms with van der Waals surface area (Å²) in [5, 5.41) is 4.44. The molecule has 0 bridgehead atoms. The van der Waals surface area contributed by atoms with Crippen LogP contribution in [0.5, 0.6) is 0 Å². The van der Waals surface area contributed by atoms with E-state index in [9.17, 15) is 4.79 Å². The molecule has 7 nitrogen and oxygen atoms in total. The molecule has 2 aliphatic heterocycles. The first-order valence-corrected chi connectivity index (χ1v) is 11.8. The second kappa shape index (κ2) is 9.27. The molecule has 0 radical (unpaired) electrons. The van der Waals surface area contributed by atoms with Crippen molar-refractivity contribution >= 4 is 22.6 Å². The molecule has 1 N–H and O–H groups in total. The van der Waals surface area contributed by atoms with Gasteiger partial charge in [0.25, 0.3) is 0 Å². The summed E-state index contributed by atoms with van der Waals surface area (Å²) in [6.07, 6.45) is 2.54. The number of hydrogen-bond donors (Lipinski definition) is 1. The van der Waals surface area contributed by atoms with Crippen LogP contribution in [-0.4, -0.2) is 81.3 Å². The van der Waals surface area contributed by atoms with Gasteiger partial charge in [-0.2, -0.15) is 4.37 Å². The van der Waals surface area contributed by atoms with Crippen LogP contribution in [0.2, 0.25) is 0 Å². The van der Waals surface area contributed by atoms with E-state index >= 15 is 0 Å². The molecule has 3 rings (SSSR count). The van der Waals surface area contributed by atoms with E-state index in [2.05, 4.69) is 40.3 Å². The molecule has 3 heterocycles. The van der Waals surface area contributed by atoms with Gasteiger partial charge in [0.05, 0.1) is 6.04 Å². The van der Waals surface area contributed by atoms with E-state index in [0.29, 0.717) is 12.1 Å². The first-order chi connectivity index (χ1) is 13.7. The molecule has 2 atom stereocenters. The lowest BCUT2D eigenvalue weighted by atomic mass is 9.94. The van der Waals surface area contributed by atoms with Gasteiger partial charge in [-0.15, -0.1) is 0 Å². The topological polar surface area (TPSA) is 64.6 Å². The predicted octanol–water partition coefficient (Wildman–Crippen LogP) is 3.07. The van der Waals surface area contributed by atoms with Crippen LogP contribution in [0, 0.1) is 5.41 Å². The number of amides is 1. The zero-order valence-corrected chi connectivity index (χ0v) is 19.8. The molecule has 1 aromatic heterocycles. The fraction of sp³-hybridized carbons (Fsp3) is 0.857. The lowest BCUT2D eigenvalue weighted by molar-refractivity contribution is -0.141. The summed E-state index contributed by atoms with van der Waals surface area (Å²) >= 11 is 1.46. The average molecular weight is 423 g/mol. The van der Waals surface area contributed by atoms with Crippen LogP contribution in [-0.2, 0) is 4.79 Å². The Bertz CT molecular complexity index is 677. The third-order valence-electron chi connectivity index (χ3n) is 6.18. The van der Waals surface area contributed by atoms with Crippen molar-refractivity contribution in [1.82, 2.24) is 24.1 Å². The van der Waals surface area contributed by atoms with Gasteiger partial charge in [0.2, 0.25) is 11.0 Å². The zero-order chi connectivity index (χ0) is 21.2. The van der Waals surface area contributed by atoms with Crippen molar-refractivity contribution in [3.8, 4) is 0 Å². The van der Waals surface area contributed by atoms with Gasteiger partial charge in [-0.05, 0) is 40.2 Å². The van der Waals surface area contributed by atoms with Crippen LogP contribution < -0.4 is 5.32 Å². The van der Waals surface area contributed by atoms with Gasteiger partial charge in [0, 0.05) is 61.8 Å². The maximum Gasteiger partial charge on any atom is 0.228 e. The largest absolute Gasteiger partial charge is 0.359 e. The molecule has 0 aromatic carbocycles. The average Bonchev–Trinajstić information content (AvgIpc) is 3.34. The van der Waals surface area contributed by atoms with Crippen molar-refractivity contribution in [1.29, 1.82) is 0 Å². The van der Waals surface area contributed by atoms with Crippen molar-refractivity contribution in [2.45, 2.75) is 72.5 Å². The molecular formula is C21H38N6OS. The number of piperazine rings is 1. The van der Waals surface area contributed by atoms with Crippen molar-refractivity contribution in [2.75, 3.05) is 44.6 Å². The molecule has 29 heavy (non-hydrogen) atoms. The number of anilines is 1. The molecule has 2 saturated heterocycles. The number of likely N-dealkylation sites (tertiary alicyclic amines) is 1. The molecule has 0 saturated carbocycles. The summed E-state index contributed by atoms with van der Waals surface area (Å²) in [6.45, 7) is 18.1. The Kier molecular flexibility index (Phi) is 7.17. The second-order valence-electron chi connectivity index (χ2n) is 9.72.